The van der Waals surface area contributed by atoms with E-state index in [-0.39, 0.29) is 11.8 Å². The first-order valence-corrected chi connectivity index (χ1v) is 8.14. The average molecular weight is 293 g/mol. The number of carbonyl (C=O) groups excluding carboxylic acids is 1. The second-order valence-corrected chi connectivity index (χ2v) is 6.29. The van der Waals surface area contributed by atoms with Crippen LogP contribution in [0.5, 0.6) is 0 Å². The first-order valence-electron chi connectivity index (χ1n) is 8.14. The molecule has 1 amide bonds. The normalized spacial score (nSPS) is 18.5. The SMILES string of the molecule is CC1CCCN(C(=O)C(c2ccccc2)c2ccccc2)C1. The Balaban J connectivity index is 1.93. The van der Waals surface area contributed by atoms with Gasteiger partial charge in [-0.3, -0.25) is 4.79 Å². The van der Waals surface area contributed by atoms with Crippen molar-refractivity contribution in [3.63, 3.8) is 0 Å². The number of hydrogen-bond donors (Lipinski definition) is 0. The highest BCUT2D eigenvalue weighted by Gasteiger charge is 2.29. The number of hydrogen-bond acceptors (Lipinski definition) is 1. The van der Waals surface area contributed by atoms with Gasteiger partial charge in [0.05, 0.1) is 5.92 Å². The lowest BCUT2D eigenvalue weighted by Crippen LogP contribution is -2.42. The van der Waals surface area contributed by atoms with E-state index in [1.807, 2.05) is 36.4 Å². The number of piperidine rings is 1. The summed E-state index contributed by atoms with van der Waals surface area (Å²) in [4.78, 5) is 15.2. The lowest BCUT2D eigenvalue weighted by atomic mass is 9.88. The molecule has 3 rings (SSSR count). The molecule has 0 saturated carbocycles. The van der Waals surface area contributed by atoms with Crippen molar-refractivity contribution in [2.24, 2.45) is 5.92 Å². The zero-order valence-corrected chi connectivity index (χ0v) is 13.1. The summed E-state index contributed by atoms with van der Waals surface area (Å²) in [5.41, 5.74) is 2.16. The van der Waals surface area contributed by atoms with Crippen LogP contribution in [0.2, 0.25) is 0 Å². The van der Waals surface area contributed by atoms with E-state index in [0.29, 0.717) is 5.92 Å². The molecule has 1 heterocycles. The summed E-state index contributed by atoms with van der Waals surface area (Å²) in [5.74, 6) is 0.654. The number of carbonyl (C=O) groups is 1. The number of likely N-dealkylation sites (tertiary alicyclic amines) is 1. The molecule has 0 aliphatic carbocycles. The molecule has 0 N–H and O–H groups in total. The standard InChI is InChI=1S/C20H23NO/c1-16-9-8-14-21(15-16)20(22)19(17-10-4-2-5-11-17)18-12-6-3-7-13-18/h2-7,10-13,16,19H,8-9,14-15H2,1H3. The van der Waals surface area contributed by atoms with Crippen molar-refractivity contribution in [2.45, 2.75) is 25.7 Å². The zero-order valence-electron chi connectivity index (χ0n) is 13.1. The molecular weight excluding hydrogens is 270 g/mol. The van der Waals surface area contributed by atoms with E-state index >= 15 is 0 Å². The van der Waals surface area contributed by atoms with Gasteiger partial charge in [-0.25, -0.2) is 0 Å². The molecule has 2 nitrogen and oxygen atoms in total. The van der Waals surface area contributed by atoms with Gasteiger partial charge in [0.15, 0.2) is 0 Å². The Kier molecular flexibility index (Phi) is 4.57. The van der Waals surface area contributed by atoms with Gasteiger partial charge in [0.1, 0.15) is 0 Å². The predicted octanol–water partition coefficient (Wildman–Crippen LogP) is 4.08. The van der Waals surface area contributed by atoms with E-state index in [0.717, 1.165) is 30.6 Å². The first kappa shape index (κ1) is 14.8. The van der Waals surface area contributed by atoms with Crippen LogP contribution < -0.4 is 0 Å². The summed E-state index contributed by atoms with van der Waals surface area (Å²) in [6.45, 7) is 4.01. The van der Waals surface area contributed by atoms with Crippen molar-refractivity contribution >= 4 is 5.91 Å². The van der Waals surface area contributed by atoms with Gasteiger partial charge in [-0.2, -0.15) is 0 Å². The minimum atomic E-state index is -0.187. The maximum atomic E-state index is 13.2. The smallest absolute Gasteiger partial charge is 0.234 e. The summed E-state index contributed by atoms with van der Waals surface area (Å²) in [7, 11) is 0. The molecule has 114 valence electrons. The van der Waals surface area contributed by atoms with Crippen LogP contribution in [0.25, 0.3) is 0 Å². The van der Waals surface area contributed by atoms with Gasteiger partial charge >= 0.3 is 0 Å². The molecule has 1 fully saturated rings. The predicted molar refractivity (Wildman–Crippen MR) is 89.7 cm³/mol. The van der Waals surface area contributed by atoms with Crippen molar-refractivity contribution in [1.82, 2.24) is 4.90 Å². The Bertz CT molecular complexity index is 569. The summed E-state index contributed by atoms with van der Waals surface area (Å²) in [5, 5.41) is 0. The van der Waals surface area contributed by atoms with Crippen LogP contribution in [-0.4, -0.2) is 23.9 Å². The summed E-state index contributed by atoms with van der Waals surface area (Å²) in [6.07, 6.45) is 2.34. The third-order valence-electron chi connectivity index (χ3n) is 4.48. The van der Waals surface area contributed by atoms with Crippen LogP contribution in [-0.2, 0) is 4.79 Å². The molecule has 1 unspecified atom stereocenters. The van der Waals surface area contributed by atoms with Crippen LogP contribution >= 0.6 is 0 Å². The van der Waals surface area contributed by atoms with Crippen molar-refractivity contribution in [3.05, 3.63) is 71.8 Å². The Morgan fingerprint density at radius 2 is 1.55 bits per heavy atom. The topological polar surface area (TPSA) is 20.3 Å². The highest BCUT2D eigenvalue weighted by molar-refractivity contribution is 5.87. The molecule has 22 heavy (non-hydrogen) atoms. The molecule has 1 atom stereocenters. The third-order valence-corrected chi connectivity index (χ3v) is 4.48. The van der Waals surface area contributed by atoms with Gasteiger partial charge in [0.2, 0.25) is 5.91 Å². The summed E-state index contributed by atoms with van der Waals surface area (Å²) < 4.78 is 0. The van der Waals surface area contributed by atoms with Gasteiger partial charge in [0.25, 0.3) is 0 Å². The molecule has 1 aliphatic rings. The lowest BCUT2D eigenvalue weighted by Gasteiger charge is -2.34. The fourth-order valence-electron chi connectivity index (χ4n) is 3.34. The third kappa shape index (κ3) is 3.22. The molecule has 2 heteroatoms. The van der Waals surface area contributed by atoms with Crippen LogP contribution in [0.3, 0.4) is 0 Å². The number of rotatable bonds is 3. The molecule has 2 aromatic rings. The fraction of sp³-hybridized carbons (Fsp3) is 0.350. The zero-order chi connectivity index (χ0) is 15.4. The van der Waals surface area contributed by atoms with E-state index in [4.69, 9.17) is 0 Å². The molecule has 0 aromatic heterocycles. The Hall–Kier alpha value is -2.09. The van der Waals surface area contributed by atoms with E-state index in [2.05, 4.69) is 36.1 Å². The maximum absolute atomic E-state index is 13.2. The second kappa shape index (κ2) is 6.78. The molecule has 1 saturated heterocycles. The van der Waals surface area contributed by atoms with E-state index in [1.165, 1.54) is 6.42 Å². The molecule has 0 bridgehead atoms. The van der Waals surface area contributed by atoms with Gasteiger partial charge < -0.3 is 4.90 Å². The largest absolute Gasteiger partial charge is 0.342 e. The van der Waals surface area contributed by atoms with E-state index < -0.39 is 0 Å². The van der Waals surface area contributed by atoms with Crippen LogP contribution in [0.15, 0.2) is 60.7 Å². The molecule has 2 aromatic carbocycles. The quantitative estimate of drug-likeness (QED) is 0.835. The number of nitrogens with zero attached hydrogens (tertiary/aromatic N) is 1. The van der Waals surface area contributed by atoms with Crippen molar-refractivity contribution in [1.29, 1.82) is 0 Å². The molecular formula is C20H23NO. The summed E-state index contributed by atoms with van der Waals surface area (Å²) >= 11 is 0. The minimum Gasteiger partial charge on any atom is -0.342 e. The highest BCUT2D eigenvalue weighted by atomic mass is 16.2. The minimum absolute atomic E-state index is 0.187. The fourth-order valence-corrected chi connectivity index (χ4v) is 3.34. The van der Waals surface area contributed by atoms with Gasteiger partial charge in [-0.05, 0) is 29.9 Å². The monoisotopic (exact) mass is 293 g/mol. The van der Waals surface area contributed by atoms with Gasteiger partial charge in [0, 0.05) is 13.1 Å². The molecule has 1 aliphatic heterocycles. The molecule has 0 spiro atoms. The highest BCUT2D eigenvalue weighted by Crippen LogP contribution is 2.28. The van der Waals surface area contributed by atoms with Crippen LogP contribution in [0.4, 0.5) is 0 Å². The Labute approximate surface area is 132 Å². The Morgan fingerprint density at radius 3 is 2.05 bits per heavy atom. The van der Waals surface area contributed by atoms with Crippen LogP contribution in [0, 0.1) is 5.92 Å². The van der Waals surface area contributed by atoms with E-state index in [1.54, 1.807) is 0 Å². The molecule has 0 radical (unpaired) electrons. The van der Waals surface area contributed by atoms with Gasteiger partial charge in [-0.1, -0.05) is 67.6 Å². The maximum Gasteiger partial charge on any atom is 0.234 e. The van der Waals surface area contributed by atoms with E-state index in [9.17, 15) is 4.79 Å². The number of benzene rings is 2. The van der Waals surface area contributed by atoms with Crippen molar-refractivity contribution in [2.75, 3.05) is 13.1 Å². The number of amides is 1. The van der Waals surface area contributed by atoms with Gasteiger partial charge in [-0.15, -0.1) is 0 Å². The summed E-state index contributed by atoms with van der Waals surface area (Å²) in [6, 6.07) is 20.3. The van der Waals surface area contributed by atoms with Crippen molar-refractivity contribution in [3.8, 4) is 0 Å². The van der Waals surface area contributed by atoms with Crippen molar-refractivity contribution < 1.29 is 4.79 Å². The lowest BCUT2D eigenvalue weighted by molar-refractivity contribution is -0.133. The van der Waals surface area contributed by atoms with Crippen LogP contribution in [0.1, 0.15) is 36.8 Å². The second-order valence-electron chi connectivity index (χ2n) is 6.29. The Morgan fingerprint density at radius 1 is 1.00 bits per heavy atom. The first-order chi connectivity index (χ1) is 10.8. The average Bonchev–Trinajstić information content (AvgIpc) is 2.57.